The van der Waals surface area contributed by atoms with E-state index in [2.05, 4.69) is 34.9 Å². The van der Waals surface area contributed by atoms with Gasteiger partial charge in [-0.05, 0) is 28.7 Å². The zero-order chi connectivity index (χ0) is 22.9. The van der Waals surface area contributed by atoms with E-state index >= 15 is 0 Å². The predicted octanol–water partition coefficient (Wildman–Crippen LogP) is 2.91. The molecular formula is C24H28N2O6. The van der Waals surface area contributed by atoms with E-state index in [1.54, 1.807) is 0 Å². The van der Waals surface area contributed by atoms with Gasteiger partial charge in [-0.1, -0.05) is 48.5 Å². The first-order valence-corrected chi connectivity index (χ1v) is 10.6. The molecule has 0 aromatic heterocycles. The molecular weight excluding hydrogens is 412 g/mol. The van der Waals surface area contributed by atoms with Crippen molar-refractivity contribution >= 4 is 18.0 Å². The molecule has 8 nitrogen and oxygen atoms in total. The molecule has 2 amide bonds. The van der Waals surface area contributed by atoms with Crippen LogP contribution in [0.2, 0.25) is 0 Å². The molecule has 0 radical (unpaired) electrons. The minimum Gasteiger partial charge on any atom is -0.479 e. The van der Waals surface area contributed by atoms with Crippen LogP contribution in [0.3, 0.4) is 0 Å². The second-order valence-electron chi connectivity index (χ2n) is 7.56. The van der Waals surface area contributed by atoms with E-state index in [9.17, 15) is 14.4 Å². The third-order valence-electron chi connectivity index (χ3n) is 5.48. The van der Waals surface area contributed by atoms with Gasteiger partial charge in [-0.3, -0.25) is 4.79 Å². The van der Waals surface area contributed by atoms with Crippen molar-refractivity contribution in [2.24, 2.45) is 0 Å². The van der Waals surface area contributed by atoms with E-state index in [4.69, 9.17) is 14.6 Å². The van der Waals surface area contributed by atoms with Crippen molar-refractivity contribution in [3.63, 3.8) is 0 Å². The lowest BCUT2D eigenvalue weighted by molar-refractivity contribution is -0.149. The molecule has 2 aromatic carbocycles. The van der Waals surface area contributed by atoms with E-state index in [0.717, 1.165) is 11.1 Å². The second kappa shape index (κ2) is 11.3. The van der Waals surface area contributed by atoms with Gasteiger partial charge in [-0.15, -0.1) is 0 Å². The fourth-order valence-corrected chi connectivity index (χ4v) is 3.86. The van der Waals surface area contributed by atoms with Crippen LogP contribution in [0.15, 0.2) is 48.5 Å². The summed E-state index contributed by atoms with van der Waals surface area (Å²) < 4.78 is 10.3. The fourth-order valence-electron chi connectivity index (χ4n) is 3.86. The number of hydrogen-bond acceptors (Lipinski definition) is 5. The standard InChI is InChI=1S/C24H28N2O6/c1-31-21(23(28)29)12-14-25-22(27)11-6-13-26-24(30)32-15-20-18-9-4-2-7-16(18)17-8-3-5-10-19(17)20/h2-5,7-10,20-21H,6,11-15H2,1H3,(H,25,27)(H,26,30)(H,28,29). The highest BCUT2D eigenvalue weighted by molar-refractivity contribution is 5.79. The molecule has 0 bridgehead atoms. The Bertz CT molecular complexity index is 916. The largest absolute Gasteiger partial charge is 0.479 e. The number of carbonyl (C=O) groups is 3. The third-order valence-corrected chi connectivity index (χ3v) is 5.48. The Kier molecular flexibility index (Phi) is 8.21. The first kappa shape index (κ1) is 23.3. The van der Waals surface area contributed by atoms with Crippen molar-refractivity contribution in [1.82, 2.24) is 10.6 Å². The molecule has 2 aromatic rings. The molecule has 32 heavy (non-hydrogen) atoms. The average Bonchev–Trinajstić information content (AvgIpc) is 3.12. The topological polar surface area (TPSA) is 114 Å². The van der Waals surface area contributed by atoms with Gasteiger partial charge < -0.3 is 25.2 Å². The normalized spacial score (nSPS) is 13.0. The summed E-state index contributed by atoms with van der Waals surface area (Å²) in [6.45, 7) is 0.758. The summed E-state index contributed by atoms with van der Waals surface area (Å²) in [5, 5.41) is 14.2. The van der Waals surface area contributed by atoms with E-state index in [0.29, 0.717) is 13.0 Å². The maximum Gasteiger partial charge on any atom is 0.407 e. The molecule has 0 heterocycles. The van der Waals surface area contributed by atoms with Crippen molar-refractivity contribution in [1.29, 1.82) is 0 Å². The lowest BCUT2D eigenvalue weighted by Crippen LogP contribution is -2.32. The Morgan fingerprint density at radius 1 is 0.969 bits per heavy atom. The minimum atomic E-state index is -1.06. The van der Waals surface area contributed by atoms with E-state index in [-0.39, 0.29) is 37.8 Å². The molecule has 8 heteroatoms. The quantitative estimate of drug-likeness (QED) is 0.463. The van der Waals surface area contributed by atoms with E-state index < -0.39 is 18.2 Å². The number of aliphatic carboxylic acids is 1. The van der Waals surface area contributed by atoms with Gasteiger partial charge in [0.05, 0.1) is 0 Å². The Morgan fingerprint density at radius 3 is 2.19 bits per heavy atom. The number of ether oxygens (including phenoxy) is 2. The van der Waals surface area contributed by atoms with Crippen LogP contribution >= 0.6 is 0 Å². The van der Waals surface area contributed by atoms with Crippen LogP contribution in [0.4, 0.5) is 4.79 Å². The summed E-state index contributed by atoms with van der Waals surface area (Å²) in [5.41, 5.74) is 4.64. The number of carbonyl (C=O) groups excluding carboxylic acids is 2. The predicted molar refractivity (Wildman–Crippen MR) is 118 cm³/mol. The summed E-state index contributed by atoms with van der Waals surface area (Å²) in [5.74, 6) is -1.27. The van der Waals surface area contributed by atoms with Crippen LogP contribution in [0.1, 0.15) is 36.3 Å². The van der Waals surface area contributed by atoms with Gasteiger partial charge >= 0.3 is 12.1 Å². The molecule has 1 unspecified atom stereocenters. The van der Waals surface area contributed by atoms with Crippen LogP contribution in [-0.2, 0) is 19.1 Å². The number of methoxy groups -OCH3 is 1. The molecule has 0 saturated carbocycles. The Labute approximate surface area is 186 Å². The SMILES string of the molecule is COC(CCNC(=O)CCCNC(=O)OCC1c2ccccc2-c2ccccc21)C(=O)O. The highest BCUT2D eigenvalue weighted by Gasteiger charge is 2.28. The molecule has 0 saturated heterocycles. The van der Waals surface area contributed by atoms with Gasteiger partial charge in [0.15, 0.2) is 6.10 Å². The van der Waals surface area contributed by atoms with Crippen molar-refractivity contribution in [2.75, 3.05) is 26.8 Å². The number of nitrogens with one attached hydrogen (secondary N) is 2. The Morgan fingerprint density at radius 2 is 1.59 bits per heavy atom. The average molecular weight is 440 g/mol. The van der Waals surface area contributed by atoms with Gasteiger partial charge in [0.25, 0.3) is 0 Å². The van der Waals surface area contributed by atoms with Gasteiger partial charge in [0, 0.05) is 39.0 Å². The zero-order valence-corrected chi connectivity index (χ0v) is 18.0. The van der Waals surface area contributed by atoms with Gasteiger partial charge in [-0.25, -0.2) is 9.59 Å². The Balaban J connectivity index is 1.36. The number of benzene rings is 2. The summed E-state index contributed by atoms with van der Waals surface area (Å²) in [4.78, 5) is 34.8. The molecule has 3 rings (SSSR count). The van der Waals surface area contributed by atoms with E-state index in [1.165, 1.54) is 18.2 Å². The first-order valence-electron chi connectivity index (χ1n) is 10.6. The van der Waals surface area contributed by atoms with Crippen LogP contribution < -0.4 is 10.6 Å². The minimum absolute atomic E-state index is 0.000608. The lowest BCUT2D eigenvalue weighted by Gasteiger charge is -2.14. The van der Waals surface area contributed by atoms with Crippen LogP contribution in [0, 0.1) is 0 Å². The highest BCUT2D eigenvalue weighted by atomic mass is 16.5. The zero-order valence-electron chi connectivity index (χ0n) is 18.0. The number of carboxylic acids is 1. The summed E-state index contributed by atoms with van der Waals surface area (Å²) >= 11 is 0. The number of fused-ring (bicyclic) bond motifs is 3. The molecule has 0 spiro atoms. The van der Waals surface area contributed by atoms with Crippen LogP contribution in [0.5, 0.6) is 0 Å². The number of hydrogen-bond donors (Lipinski definition) is 3. The van der Waals surface area contributed by atoms with Gasteiger partial charge in [0.2, 0.25) is 5.91 Å². The summed E-state index contributed by atoms with van der Waals surface area (Å²) in [7, 11) is 1.32. The number of carboxylic acid groups (broad SMARTS) is 1. The molecule has 170 valence electrons. The highest BCUT2D eigenvalue weighted by Crippen LogP contribution is 2.44. The van der Waals surface area contributed by atoms with Crippen molar-refractivity contribution in [3.05, 3.63) is 59.7 Å². The molecule has 1 aliphatic rings. The molecule has 0 aliphatic heterocycles. The summed E-state index contributed by atoms with van der Waals surface area (Å²) in [6.07, 6.45) is -0.603. The first-order chi connectivity index (χ1) is 15.5. The lowest BCUT2D eigenvalue weighted by atomic mass is 9.98. The fraction of sp³-hybridized carbons (Fsp3) is 0.375. The van der Waals surface area contributed by atoms with Crippen molar-refractivity contribution in [2.45, 2.75) is 31.3 Å². The number of amides is 2. The van der Waals surface area contributed by atoms with Crippen molar-refractivity contribution < 1.29 is 29.0 Å². The molecule has 1 aliphatic carbocycles. The third kappa shape index (κ3) is 5.85. The summed E-state index contributed by atoms with van der Waals surface area (Å²) in [6, 6.07) is 16.3. The van der Waals surface area contributed by atoms with Crippen LogP contribution in [0.25, 0.3) is 11.1 Å². The van der Waals surface area contributed by atoms with Gasteiger partial charge in [0.1, 0.15) is 6.61 Å². The van der Waals surface area contributed by atoms with E-state index in [1.807, 2.05) is 24.3 Å². The molecule has 1 atom stereocenters. The smallest absolute Gasteiger partial charge is 0.407 e. The number of alkyl carbamates (subject to hydrolysis) is 1. The van der Waals surface area contributed by atoms with Gasteiger partial charge in [-0.2, -0.15) is 0 Å². The second-order valence-corrected chi connectivity index (χ2v) is 7.56. The molecule has 0 fully saturated rings. The maximum absolute atomic E-state index is 12.1. The van der Waals surface area contributed by atoms with Crippen LogP contribution in [-0.4, -0.2) is 56.0 Å². The maximum atomic E-state index is 12.1. The Hall–Kier alpha value is -3.39. The van der Waals surface area contributed by atoms with Crippen molar-refractivity contribution in [3.8, 4) is 11.1 Å². The molecule has 3 N–H and O–H groups in total. The monoisotopic (exact) mass is 440 g/mol. The number of rotatable bonds is 11.